The van der Waals surface area contributed by atoms with Crippen molar-refractivity contribution in [1.82, 2.24) is 9.78 Å². The van der Waals surface area contributed by atoms with Crippen LogP contribution in [0.15, 0.2) is 24.3 Å². The molecule has 0 aliphatic heterocycles. The molecule has 0 saturated carbocycles. The van der Waals surface area contributed by atoms with Crippen LogP contribution in [0.5, 0.6) is 0 Å². The topological polar surface area (TPSA) is 84.2 Å². The lowest BCUT2D eigenvalue weighted by Crippen LogP contribution is -2.13. The van der Waals surface area contributed by atoms with Gasteiger partial charge in [-0.05, 0) is 31.2 Å². The van der Waals surface area contributed by atoms with E-state index in [4.69, 9.17) is 16.7 Å². The standard InChI is InChI=1S/C13H12ClN3O3/c1-7-10(14)11(16-17(7)2)12(18)15-9-5-3-8(4-6-9)13(19)20/h3-6H,1-2H3,(H,15,18)(H,19,20). The molecule has 2 aromatic rings. The minimum absolute atomic E-state index is 0.133. The molecule has 0 unspecified atom stereocenters. The van der Waals surface area contributed by atoms with E-state index >= 15 is 0 Å². The lowest BCUT2D eigenvalue weighted by molar-refractivity contribution is 0.0696. The normalized spacial score (nSPS) is 10.3. The Labute approximate surface area is 120 Å². The maximum absolute atomic E-state index is 12.0. The van der Waals surface area contributed by atoms with Crippen molar-refractivity contribution in [3.05, 3.63) is 46.2 Å². The third-order valence-electron chi connectivity index (χ3n) is 2.87. The van der Waals surface area contributed by atoms with Gasteiger partial charge in [0.15, 0.2) is 5.69 Å². The van der Waals surface area contributed by atoms with E-state index in [2.05, 4.69) is 10.4 Å². The Balaban J connectivity index is 2.19. The highest BCUT2D eigenvalue weighted by molar-refractivity contribution is 6.34. The number of nitrogens with one attached hydrogen (secondary N) is 1. The number of carbonyl (C=O) groups excluding carboxylic acids is 1. The number of aryl methyl sites for hydroxylation is 1. The van der Waals surface area contributed by atoms with Gasteiger partial charge in [-0.15, -0.1) is 0 Å². The highest BCUT2D eigenvalue weighted by Crippen LogP contribution is 2.20. The molecular formula is C13H12ClN3O3. The molecular weight excluding hydrogens is 282 g/mol. The van der Waals surface area contributed by atoms with Gasteiger partial charge in [0.25, 0.3) is 5.91 Å². The molecule has 6 nitrogen and oxygen atoms in total. The number of anilines is 1. The first-order chi connectivity index (χ1) is 9.40. The molecule has 0 fully saturated rings. The number of aromatic nitrogens is 2. The van der Waals surface area contributed by atoms with Gasteiger partial charge in [0.1, 0.15) is 0 Å². The Morgan fingerprint density at radius 1 is 1.30 bits per heavy atom. The van der Waals surface area contributed by atoms with Crippen molar-refractivity contribution in [3.63, 3.8) is 0 Å². The zero-order valence-corrected chi connectivity index (χ0v) is 11.6. The summed E-state index contributed by atoms with van der Waals surface area (Å²) in [6.07, 6.45) is 0. The first-order valence-corrected chi connectivity index (χ1v) is 6.11. The Morgan fingerprint density at radius 2 is 1.90 bits per heavy atom. The zero-order chi connectivity index (χ0) is 14.9. The highest BCUT2D eigenvalue weighted by Gasteiger charge is 2.18. The van der Waals surface area contributed by atoms with E-state index in [-0.39, 0.29) is 11.3 Å². The Hall–Kier alpha value is -2.34. The summed E-state index contributed by atoms with van der Waals surface area (Å²) in [4.78, 5) is 22.8. The monoisotopic (exact) mass is 293 g/mol. The summed E-state index contributed by atoms with van der Waals surface area (Å²) in [5, 5.41) is 15.7. The molecule has 0 saturated heterocycles. The predicted molar refractivity (Wildman–Crippen MR) is 74.3 cm³/mol. The number of hydrogen-bond acceptors (Lipinski definition) is 3. The number of halogens is 1. The summed E-state index contributed by atoms with van der Waals surface area (Å²) in [5.41, 5.74) is 1.45. The molecule has 1 heterocycles. The van der Waals surface area contributed by atoms with Crippen molar-refractivity contribution < 1.29 is 14.7 Å². The Kier molecular flexibility index (Phi) is 3.76. The molecule has 2 rings (SSSR count). The van der Waals surface area contributed by atoms with Crippen LogP contribution in [0.3, 0.4) is 0 Å². The van der Waals surface area contributed by atoms with Crippen LogP contribution in [0.25, 0.3) is 0 Å². The van der Waals surface area contributed by atoms with E-state index < -0.39 is 11.9 Å². The summed E-state index contributed by atoms with van der Waals surface area (Å²) in [6, 6.07) is 5.82. The average molecular weight is 294 g/mol. The Morgan fingerprint density at radius 3 is 2.35 bits per heavy atom. The number of amides is 1. The molecule has 104 valence electrons. The van der Waals surface area contributed by atoms with Gasteiger partial charge in [-0.3, -0.25) is 9.48 Å². The maximum Gasteiger partial charge on any atom is 0.335 e. The molecule has 0 aliphatic rings. The van der Waals surface area contributed by atoms with Gasteiger partial charge in [0.2, 0.25) is 0 Å². The molecule has 7 heteroatoms. The summed E-state index contributed by atoms with van der Waals surface area (Å²) in [6.45, 7) is 1.76. The third-order valence-corrected chi connectivity index (χ3v) is 3.32. The van der Waals surface area contributed by atoms with Crippen molar-refractivity contribution in [1.29, 1.82) is 0 Å². The number of hydrogen-bond donors (Lipinski definition) is 2. The minimum Gasteiger partial charge on any atom is -0.478 e. The molecule has 1 aromatic heterocycles. The number of rotatable bonds is 3. The van der Waals surface area contributed by atoms with Crippen LogP contribution < -0.4 is 5.32 Å². The van der Waals surface area contributed by atoms with Gasteiger partial charge < -0.3 is 10.4 Å². The second kappa shape index (κ2) is 5.34. The second-order valence-electron chi connectivity index (χ2n) is 4.21. The van der Waals surface area contributed by atoms with Crippen LogP contribution in [-0.4, -0.2) is 26.8 Å². The first kappa shape index (κ1) is 14.1. The molecule has 1 amide bonds. The van der Waals surface area contributed by atoms with Crippen molar-refractivity contribution in [2.75, 3.05) is 5.32 Å². The van der Waals surface area contributed by atoms with Crippen LogP contribution in [0.2, 0.25) is 5.02 Å². The van der Waals surface area contributed by atoms with Gasteiger partial charge in [0, 0.05) is 12.7 Å². The van der Waals surface area contributed by atoms with Crippen LogP contribution in [0.4, 0.5) is 5.69 Å². The SMILES string of the molecule is Cc1c(Cl)c(C(=O)Nc2ccc(C(=O)O)cc2)nn1C. The quantitative estimate of drug-likeness (QED) is 0.909. The van der Waals surface area contributed by atoms with E-state index in [1.807, 2.05) is 0 Å². The summed E-state index contributed by atoms with van der Waals surface area (Å²) < 4.78 is 1.52. The average Bonchev–Trinajstić information content (AvgIpc) is 2.67. The van der Waals surface area contributed by atoms with Crippen molar-refractivity contribution in [2.24, 2.45) is 7.05 Å². The summed E-state index contributed by atoms with van der Waals surface area (Å²) in [5.74, 6) is -1.46. The van der Waals surface area contributed by atoms with Crippen LogP contribution >= 0.6 is 11.6 Å². The summed E-state index contributed by atoms with van der Waals surface area (Å²) in [7, 11) is 1.69. The molecule has 0 bridgehead atoms. The van der Waals surface area contributed by atoms with Crippen molar-refractivity contribution >= 4 is 29.2 Å². The van der Waals surface area contributed by atoms with Gasteiger partial charge in [-0.1, -0.05) is 11.6 Å². The van der Waals surface area contributed by atoms with E-state index in [0.29, 0.717) is 16.4 Å². The van der Waals surface area contributed by atoms with Gasteiger partial charge in [-0.2, -0.15) is 5.10 Å². The van der Waals surface area contributed by atoms with E-state index in [1.165, 1.54) is 28.9 Å². The van der Waals surface area contributed by atoms with Gasteiger partial charge in [0.05, 0.1) is 16.3 Å². The molecule has 0 atom stereocenters. The summed E-state index contributed by atoms with van der Waals surface area (Å²) >= 11 is 6.02. The smallest absolute Gasteiger partial charge is 0.335 e. The number of carbonyl (C=O) groups is 2. The lowest BCUT2D eigenvalue weighted by atomic mass is 10.2. The molecule has 1 aromatic carbocycles. The number of carboxylic acid groups (broad SMARTS) is 1. The minimum atomic E-state index is -1.02. The fourth-order valence-electron chi connectivity index (χ4n) is 1.61. The second-order valence-corrected chi connectivity index (χ2v) is 4.59. The fraction of sp³-hybridized carbons (Fsp3) is 0.154. The lowest BCUT2D eigenvalue weighted by Gasteiger charge is -2.03. The number of nitrogens with zero attached hydrogens (tertiary/aromatic N) is 2. The number of carboxylic acids is 1. The van der Waals surface area contributed by atoms with Crippen molar-refractivity contribution in [3.8, 4) is 0 Å². The Bertz CT molecular complexity index is 677. The molecule has 0 spiro atoms. The highest BCUT2D eigenvalue weighted by atomic mass is 35.5. The first-order valence-electron chi connectivity index (χ1n) is 5.74. The fourth-order valence-corrected chi connectivity index (χ4v) is 1.86. The third kappa shape index (κ3) is 2.65. The van der Waals surface area contributed by atoms with Crippen LogP contribution in [0.1, 0.15) is 26.5 Å². The zero-order valence-electron chi connectivity index (χ0n) is 10.8. The van der Waals surface area contributed by atoms with E-state index in [0.717, 1.165) is 0 Å². The maximum atomic E-state index is 12.0. The molecule has 2 N–H and O–H groups in total. The largest absolute Gasteiger partial charge is 0.478 e. The molecule has 0 radical (unpaired) electrons. The number of aromatic carboxylic acids is 1. The van der Waals surface area contributed by atoms with E-state index in [1.54, 1.807) is 14.0 Å². The van der Waals surface area contributed by atoms with Crippen LogP contribution in [-0.2, 0) is 7.05 Å². The van der Waals surface area contributed by atoms with Crippen molar-refractivity contribution in [2.45, 2.75) is 6.92 Å². The van der Waals surface area contributed by atoms with Gasteiger partial charge in [-0.25, -0.2) is 4.79 Å². The predicted octanol–water partition coefficient (Wildman–Crippen LogP) is 2.33. The van der Waals surface area contributed by atoms with Gasteiger partial charge >= 0.3 is 5.97 Å². The van der Waals surface area contributed by atoms with Crippen LogP contribution in [0, 0.1) is 6.92 Å². The molecule has 20 heavy (non-hydrogen) atoms. The molecule has 0 aliphatic carbocycles. The van der Waals surface area contributed by atoms with E-state index in [9.17, 15) is 9.59 Å². The number of benzene rings is 1.